The molecule has 1 amide bonds. The van der Waals surface area contributed by atoms with Gasteiger partial charge in [0.2, 0.25) is 5.91 Å². The Morgan fingerprint density at radius 3 is 2.69 bits per heavy atom. The number of nitrogens with one attached hydrogen (secondary N) is 1. The summed E-state index contributed by atoms with van der Waals surface area (Å²) in [6.07, 6.45) is 1.20. The summed E-state index contributed by atoms with van der Waals surface area (Å²) in [6.45, 7) is 6.55. The zero-order valence-electron chi connectivity index (χ0n) is 10.2. The van der Waals surface area contributed by atoms with Gasteiger partial charge >= 0.3 is 0 Å². The lowest BCUT2D eigenvalue weighted by molar-refractivity contribution is -0.121. The highest BCUT2D eigenvalue weighted by atomic mass is 32.1. The van der Waals surface area contributed by atoms with E-state index in [0.29, 0.717) is 19.4 Å². The zero-order valence-corrected chi connectivity index (χ0v) is 11.0. The van der Waals surface area contributed by atoms with Crippen molar-refractivity contribution < 1.29 is 4.79 Å². The maximum absolute atomic E-state index is 11.5. The lowest BCUT2D eigenvalue weighted by atomic mass is 10.00. The molecular formula is C12H20N2OS. The second kappa shape index (κ2) is 5.46. The van der Waals surface area contributed by atoms with Crippen LogP contribution >= 0.6 is 11.3 Å². The number of thiophene rings is 1. The smallest absolute Gasteiger partial charge is 0.220 e. The van der Waals surface area contributed by atoms with Crippen LogP contribution in [0.4, 0.5) is 0 Å². The van der Waals surface area contributed by atoms with Gasteiger partial charge in [0.05, 0.1) is 0 Å². The standard InChI is InChI=1S/C12H20N2OS/c1-9-7-16-8-10(9)6-14-11(15)4-5-12(2,3)13/h7-8H,4-6,13H2,1-3H3,(H,14,15). The first-order valence-corrected chi connectivity index (χ1v) is 6.40. The Morgan fingerprint density at radius 1 is 1.50 bits per heavy atom. The molecular weight excluding hydrogens is 220 g/mol. The number of amides is 1. The van der Waals surface area contributed by atoms with Crippen molar-refractivity contribution in [1.29, 1.82) is 0 Å². The van der Waals surface area contributed by atoms with E-state index in [4.69, 9.17) is 5.73 Å². The van der Waals surface area contributed by atoms with Crippen LogP contribution in [0.5, 0.6) is 0 Å². The fraction of sp³-hybridized carbons (Fsp3) is 0.583. The average molecular weight is 240 g/mol. The van der Waals surface area contributed by atoms with Gasteiger partial charge < -0.3 is 11.1 Å². The van der Waals surface area contributed by atoms with Crippen LogP contribution < -0.4 is 11.1 Å². The first-order valence-electron chi connectivity index (χ1n) is 5.46. The molecule has 0 spiro atoms. The molecule has 4 heteroatoms. The Kier molecular flexibility index (Phi) is 4.50. The van der Waals surface area contributed by atoms with E-state index in [9.17, 15) is 4.79 Å². The van der Waals surface area contributed by atoms with Crippen molar-refractivity contribution in [3.63, 3.8) is 0 Å². The summed E-state index contributed by atoms with van der Waals surface area (Å²) in [7, 11) is 0. The van der Waals surface area contributed by atoms with Crippen molar-refractivity contribution in [3.05, 3.63) is 21.9 Å². The number of aryl methyl sites for hydroxylation is 1. The molecule has 0 aliphatic rings. The summed E-state index contributed by atoms with van der Waals surface area (Å²) < 4.78 is 0. The van der Waals surface area contributed by atoms with Crippen molar-refractivity contribution in [2.75, 3.05) is 0 Å². The predicted molar refractivity (Wildman–Crippen MR) is 68.4 cm³/mol. The summed E-state index contributed by atoms with van der Waals surface area (Å²) in [4.78, 5) is 11.5. The first kappa shape index (κ1) is 13.2. The van der Waals surface area contributed by atoms with Crippen molar-refractivity contribution in [2.24, 2.45) is 5.73 Å². The van der Waals surface area contributed by atoms with Crippen LogP contribution in [0.3, 0.4) is 0 Å². The number of carbonyl (C=O) groups excluding carboxylic acids is 1. The number of carbonyl (C=O) groups is 1. The maximum Gasteiger partial charge on any atom is 0.220 e. The molecule has 1 aromatic rings. The molecule has 0 aliphatic heterocycles. The van der Waals surface area contributed by atoms with Gasteiger partial charge in [-0.2, -0.15) is 11.3 Å². The number of rotatable bonds is 5. The molecule has 0 saturated carbocycles. The largest absolute Gasteiger partial charge is 0.352 e. The maximum atomic E-state index is 11.5. The molecule has 0 unspecified atom stereocenters. The highest BCUT2D eigenvalue weighted by Crippen LogP contribution is 2.13. The second-order valence-corrected chi connectivity index (χ2v) is 5.59. The highest BCUT2D eigenvalue weighted by molar-refractivity contribution is 7.08. The molecule has 0 saturated heterocycles. The van der Waals surface area contributed by atoms with Gasteiger partial charge in [-0.05, 0) is 49.1 Å². The van der Waals surface area contributed by atoms with Crippen LogP contribution in [0, 0.1) is 6.92 Å². The van der Waals surface area contributed by atoms with Gasteiger partial charge in [-0.15, -0.1) is 0 Å². The van der Waals surface area contributed by atoms with Gasteiger partial charge in [0, 0.05) is 18.5 Å². The molecule has 0 aliphatic carbocycles. The van der Waals surface area contributed by atoms with Gasteiger partial charge in [-0.1, -0.05) is 0 Å². The minimum Gasteiger partial charge on any atom is -0.352 e. The third kappa shape index (κ3) is 4.77. The summed E-state index contributed by atoms with van der Waals surface area (Å²) in [5, 5.41) is 7.07. The topological polar surface area (TPSA) is 55.1 Å². The summed E-state index contributed by atoms with van der Waals surface area (Å²) in [5.74, 6) is 0.0733. The normalized spacial score (nSPS) is 11.5. The third-order valence-electron chi connectivity index (χ3n) is 2.43. The van der Waals surface area contributed by atoms with Crippen molar-refractivity contribution in [2.45, 2.75) is 45.7 Å². The fourth-order valence-corrected chi connectivity index (χ4v) is 2.14. The Morgan fingerprint density at radius 2 is 2.19 bits per heavy atom. The summed E-state index contributed by atoms with van der Waals surface area (Å²) in [5.41, 5.74) is 7.99. The monoisotopic (exact) mass is 240 g/mol. The zero-order chi connectivity index (χ0) is 12.2. The molecule has 3 N–H and O–H groups in total. The minimum atomic E-state index is -0.268. The fourth-order valence-electron chi connectivity index (χ4n) is 1.29. The SMILES string of the molecule is Cc1cscc1CNC(=O)CCC(C)(C)N. The number of hydrogen-bond donors (Lipinski definition) is 2. The molecule has 1 heterocycles. The number of nitrogens with two attached hydrogens (primary N) is 1. The van der Waals surface area contributed by atoms with Crippen molar-refractivity contribution in [3.8, 4) is 0 Å². The molecule has 16 heavy (non-hydrogen) atoms. The van der Waals surface area contributed by atoms with Crippen LogP contribution in [0.15, 0.2) is 10.8 Å². The molecule has 3 nitrogen and oxygen atoms in total. The molecule has 0 bridgehead atoms. The van der Waals surface area contributed by atoms with Gasteiger partial charge in [-0.3, -0.25) is 4.79 Å². The molecule has 0 fully saturated rings. The van der Waals surface area contributed by atoms with Crippen LogP contribution in [0.1, 0.15) is 37.8 Å². The molecule has 0 radical (unpaired) electrons. The van der Waals surface area contributed by atoms with Gasteiger partial charge in [0.25, 0.3) is 0 Å². The van der Waals surface area contributed by atoms with Crippen LogP contribution in [-0.2, 0) is 11.3 Å². The van der Waals surface area contributed by atoms with Gasteiger partial charge in [-0.25, -0.2) is 0 Å². The summed E-state index contributed by atoms with van der Waals surface area (Å²) in [6, 6.07) is 0. The Hall–Kier alpha value is -0.870. The van der Waals surface area contributed by atoms with Crippen molar-refractivity contribution in [1.82, 2.24) is 5.32 Å². The van der Waals surface area contributed by atoms with E-state index >= 15 is 0 Å². The first-order chi connectivity index (χ1) is 7.38. The van der Waals surface area contributed by atoms with E-state index in [1.807, 2.05) is 13.8 Å². The molecule has 0 atom stereocenters. The number of hydrogen-bond acceptors (Lipinski definition) is 3. The van der Waals surface area contributed by atoms with E-state index in [0.717, 1.165) is 0 Å². The quantitative estimate of drug-likeness (QED) is 0.829. The molecule has 0 aromatic carbocycles. The van der Waals surface area contributed by atoms with Crippen LogP contribution in [0.2, 0.25) is 0 Å². The molecule has 1 aromatic heterocycles. The molecule has 1 rings (SSSR count). The predicted octanol–water partition coefficient (Wildman–Crippen LogP) is 2.19. The van der Waals surface area contributed by atoms with E-state index in [-0.39, 0.29) is 11.4 Å². The van der Waals surface area contributed by atoms with Crippen LogP contribution in [0.25, 0.3) is 0 Å². The lowest BCUT2D eigenvalue weighted by Crippen LogP contribution is -2.34. The van der Waals surface area contributed by atoms with E-state index in [1.165, 1.54) is 11.1 Å². The Balaban J connectivity index is 2.29. The minimum absolute atomic E-state index is 0.0733. The van der Waals surface area contributed by atoms with Gasteiger partial charge in [0.15, 0.2) is 0 Å². The molecule has 90 valence electrons. The van der Waals surface area contributed by atoms with Crippen molar-refractivity contribution >= 4 is 17.2 Å². The third-order valence-corrected chi connectivity index (χ3v) is 3.34. The van der Waals surface area contributed by atoms with E-state index < -0.39 is 0 Å². The summed E-state index contributed by atoms with van der Waals surface area (Å²) >= 11 is 1.66. The second-order valence-electron chi connectivity index (χ2n) is 4.85. The lowest BCUT2D eigenvalue weighted by Gasteiger charge is -2.17. The Labute approximate surface area is 101 Å². The highest BCUT2D eigenvalue weighted by Gasteiger charge is 2.13. The van der Waals surface area contributed by atoms with E-state index in [1.54, 1.807) is 11.3 Å². The van der Waals surface area contributed by atoms with E-state index in [2.05, 4.69) is 23.0 Å². The van der Waals surface area contributed by atoms with Gasteiger partial charge in [0.1, 0.15) is 0 Å². The van der Waals surface area contributed by atoms with Crippen LogP contribution in [-0.4, -0.2) is 11.4 Å². The average Bonchev–Trinajstić information content (AvgIpc) is 2.57. The Bertz CT molecular complexity index is 352.